The van der Waals surface area contributed by atoms with Gasteiger partial charge in [-0.25, -0.2) is 4.98 Å². The van der Waals surface area contributed by atoms with Gasteiger partial charge in [-0.15, -0.1) is 0 Å². The summed E-state index contributed by atoms with van der Waals surface area (Å²) in [7, 11) is 1.96. The van der Waals surface area contributed by atoms with Gasteiger partial charge in [-0.3, -0.25) is 14.7 Å². The summed E-state index contributed by atoms with van der Waals surface area (Å²) in [6, 6.07) is 5.98. The normalized spacial score (nSPS) is 17.0. The zero-order valence-electron chi connectivity index (χ0n) is 14.6. The predicted molar refractivity (Wildman–Crippen MR) is 100 cm³/mol. The number of hydrogen-bond acceptors (Lipinski definition) is 5. The standard InChI is InChI=1S/C19H21N5OS/c1-23-13-22-17-11-24(9-15-4-6-26-12-15)10-16(18(17)23)19(25)21-8-14-3-2-5-20-7-14/h2-7,12-13,16H,8-11H2,1H3,(H,21,25). The molecule has 3 aromatic rings. The molecule has 26 heavy (non-hydrogen) atoms. The highest BCUT2D eigenvalue weighted by Gasteiger charge is 2.33. The minimum atomic E-state index is -0.221. The Morgan fingerprint density at radius 2 is 2.31 bits per heavy atom. The largest absolute Gasteiger partial charge is 0.351 e. The molecule has 3 aromatic heterocycles. The van der Waals surface area contributed by atoms with Gasteiger partial charge in [-0.1, -0.05) is 6.07 Å². The Labute approximate surface area is 156 Å². The summed E-state index contributed by atoms with van der Waals surface area (Å²) in [5.74, 6) is -0.185. The average molecular weight is 367 g/mol. The number of aromatic nitrogens is 3. The molecule has 0 bridgehead atoms. The summed E-state index contributed by atoms with van der Waals surface area (Å²) in [5, 5.41) is 7.31. The summed E-state index contributed by atoms with van der Waals surface area (Å²) in [6.07, 6.45) is 5.32. The van der Waals surface area contributed by atoms with Gasteiger partial charge in [-0.2, -0.15) is 11.3 Å². The maximum absolute atomic E-state index is 12.9. The molecule has 134 valence electrons. The zero-order chi connectivity index (χ0) is 17.9. The third-order valence-corrected chi connectivity index (χ3v) is 5.43. The summed E-state index contributed by atoms with van der Waals surface area (Å²) in [6.45, 7) is 2.80. The lowest BCUT2D eigenvalue weighted by Gasteiger charge is -2.32. The molecule has 1 unspecified atom stereocenters. The Morgan fingerprint density at radius 1 is 1.38 bits per heavy atom. The number of nitrogens with zero attached hydrogens (tertiary/aromatic N) is 4. The lowest BCUT2D eigenvalue weighted by Crippen LogP contribution is -2.41. The smallest absolute Gasteiger partial charge is 0.230 e. The minimum absolute atomic E-state index is 0.0359. The van der Waals surface area contributed by atoms with Crippen molar-refractivity contribution in [2.45, 2.75) is 25.6 Å². The molecule has 1 N–H and O–H groups in total. The van der Waals surface area contributed by atoms with Crippen LogP contribution in [0.1, 0.15) is 28.4 Å². The molecule has 4 rings (SSSR count). The molecule has 0 spiro atoms. The Kier molecular flexibility index (Phi) is 4.81. The van der Waals surface area contributed by atoms with Crippen LogP contribution in [0.4, 0.5) is 0 Å². The van der Waals surface area contributed by atoms with Crippen LogP contribution in [0.15, 0.2) is 47.7 Å². The fourth-order valence-electron chi connectivity index (χ4n) is 3.46. The summed E-state index contributed by atoms with van der Waals surface area (Å²) in [4.78, 5) is 23.9. The van der Waals surface area contributed by atoms with Gasteiger partial charge in [0.05, 0.1) is 23.6 Å². The number of thiophene rings is 1. The number of carbonyl (C=O) groups excluding carboxylic acids is 1. The van der Waals surface area contributed by atoms with E-state index in [0.717, 1.165) is 30.0 Å². The van der Waals surface area contributed by atoms with Gasteiger partial charge >= 0.3 is 0 Å². The highest BCUT2D eigenvalue weighted by atomic mass is 32.1. The Hall–Kier alpha value is -2.51. The number of fused-ring (bicyclic) bond motifs is 1. The van der Waals surface area contributed by atoms with E-state index >= 15 is 0 Å². The van der Waals surface area contributed by atoms with E-state index in [1.165, 1.54) is 5.56 Å². The van der Waals surface area contributed by atoms with Crippen molar-refractivity contribution in [3.8, 4) is 0 Å². The highest BCUT2D eigenvalue weighted by Crippen LogP contribution is 2.28. The quantitative estimate of drug-likeness (QED) is 0.752. The van der Waals surface area contributed by atoms with Gasteiger partial charge in [0, 0.05) is 45.6 Å². The average Bonchev–Trinajstić information content (AvgIpc) is 3.30. The van der Waals surface area contributed by atoms with Crippen molar-refractivity contribution < 1.29 is 4.79 Å². The second-order valence-corrected chi connectivity index (χ2v) is 7.40. The van der Waals surface area contributed by atoms with Gasteiger partial charge in [-0.05, 0) is 34.0 Å². The number of nitrogens with one attached hydrogen (secondary N) is 1. The van der Waals surface area contributed by atoms with Crippen LogP contribution in [0.5, 0.6) is 0 Å². The number of carbonyl (C=O) groups is 1. The second kappa shape index (κ2) is 7.39. The molecule has 0 saturated carbocycles. The molecule has 1 amide bonds. The monoisotopic (exact) mass is 367 g/mol. The van der Waals surface area contributed by atoms with E-state index in [9.17, 15) is 4.79 Å². The van der Waals surface area contributed by atoms with Crippen LogP contribution in [0, 0.1) is 0 Å². The third-order valence-electron chi connectivity index (χ3n) is 4.70. The van der Waals surface area contributed by atoms with E-state index in [4.69, 9.17) is 0 Å². The van der Waals surface area contributed by atoms with E-state index in [1.807, 2.05) is 23.7 Å². The highest BCUT2D eigenvalue weighted by molar-refractivity contribution is 7.07. The van der Waals surface area contributed by atoms with E-state index in [0.29, 0.717) is 13.1 Å². The molecule has 4 heterocycles. The molecule has 0 aromatic carbocycles. The minimum Gasteiger partial charge on any atom is -0.351 e. The van der Waals surface area contributed by atoms with E-state index in [-0.39, 0.29) is 11.8 Å². The van der Waals surface area contributed by atoms with Crippen LogP contribution in [0.2, 0.25) is 0 Å². The third kappa shape index (κ3) is 3.54. The van der Waals surface area contributed by atoms with Crippen LogP contribution >= 0.6 is 11.3 Å². The topological polar surface area (TPSA) is 63.1 Å². The number of pyridine rings is 1. The van der Waals surface area contributed by atoms with Crippen molar-refractivity contribution in [2.75, 3.05) is 6.54 Å². The molecule has 1 aliphatic rings. The first-order valence-electron chi connectivity index (χ1n) is 8.61. The summed E-state index contributed by atoms with van der Waals surface area (Å²) < 4.78 is 1.98. The van der Waals surface area contributed by atoms with Gasteiger partial charge in [0.15, 0.2) is 0 Å². The SMILES string of the molecule is Cn1cnc2c1C(C(=O)NCc1cccnc1)CN(Cc1ccsc1)C2. The second-order valence-electron chi connectivity index (χ2n) is 6.62. The molecule has 7 heteroatoms. The first kappa shape index (κ1) is 16.9. The first-order valence-corrected chi connectivity index (χ1v) is 9.55. The number of hydrogen-bond donors (Lipinski definition) is 1. The van der Waals surface area contributed by atoms with E-state index < -0.39 is 0 Å². The van der Waals surface area contributed by atoms with Gasteiger partial charge < -0.3 is 9.88 Å². The van der Waals surface area contributed by atoms with Crippen LogP contribution in [0.3, 0.4) is 0 Å². The van der Waals surface area contributed by atoms with Crippen molar-refractivity contribution in [1.29, 1.82) is 0 Å². The van der Waals surface area contributed by atoms with Crippen molar-refractivity contribution in [2.24, 2.45) is 7.05 Å². The van der Waals surface area contributed by atoms with Crippen molar-refractivity contribution in [3.05, 3.63) is 70.2 Å². The van der Waals surface area contributed by atoms with E-state index in [2.05, 4.69) is 37.0 Å². The summed E-state index contributed by atoms with van der Waals surface area (Å²) >= 11 is 1.70. The van der Waals surface area contributed by atoms with Crippen LogP contribution < -0.4 is 5.32 Å². The van der Waals surface area contributed by atoms with Crippen molar-refractivity contribution in [3.63, 3.8) is 0 Å². The number of aryl methyl sites for hydroxylation is 1. The van der Waals surface area contributed by atoms with Crippen LogP contribution in [-0.4, -0.2) is 31.9 Å². The lowest BCUT2D eigenvalue weighted by molar-refractivity contribution is -0.123. The molecule has 6 nitrogen and oxygen atoms in total. The molecule has 1 atom stereocenters. The van der Waals surface area contributed by atoms with Gasteiger partial charge in [0.1, 0.15) is 0 Å². The Balaban J connectivity index is 1.50. The zero-order valence-corrected chi connectivity index (χ0v) is 15.4. The predicted octanol–water partition coefficient (Wildman–Crippen LogP) is 2.29. The molecular formula is C19H21N5OS. The molecule has 0 saturated heterocycles. The molecule has 1 aliphatic heterocycles. The molecule has 0 aliphatic carbocycles. The van der Waals surface area contributed by atoms with Crippen LogP contribution in [-0.2, 0) is 31.5 Å². The number of rotatable bonds is 5. The molecular weight excluding hydrogens is 346 g/mol. The summed E-state index contributed by atoms with van der Waals surface area (Å²) in [5.41, 5.74) is 4.30. The Morgan fingerprint density at radius 3 is 3.08 bits per heavy atom. The van der Waals surface area contributed by atoms with Gasteiger partial charge in [0.2, 0.25) is 5.91 Å². The fourth-order valence-corrected chi connectivity index (χ4v) is 4.12. The van der Waals surface area contributed by atoms with Crippen molar-refractivity contribution in [1.82, 2.24) is 24.8 Å². The first-order chi connectivity index (χ1) is 12.7. The van der Waals surface area contributed by atoms with Gasteiger partial charge in [0.25, 0.3) is 0 Å². The molecule has 0 radical (unpaired) electrons. The Bertz CT molecular complexity index is 875. The maximum atomic E-state index is 12.9. The number of imidazole rings is 1. The number of amides is 1. The van der Waals surface area contributed by atoms with E-state index in [1.54, 1.807) is 30.1 Å². The van der Waals surface area contributed by atoms with Crippen molar-refractivity contribution >= 4 is 17.2 Å². The lowest BCUT2D eigenvalue weighted by atomic mass is 9.96. The maximum Gasteiger partial charge on any atom is 0.230 e. The molecule has 0 fully saturated rings. The fraction of sp³-hybridized carbons (Fsp3) is 0.316. The van der Waals surface area contributed by atoms with Crippen LogP contribution in [0.25, 0.3) is 0 Å².